The summed E-state index contributed by atoms with van der Waals surface area (Å²) in [4.78, 5) is 2.35. The Labute approximate surface area is 118 Å². The monoisotopic (exact) mass is 260 g/mol. The molecule has 0 spiro atoms. The molecule has 0 aliphatic carbocycles. The van der Waals surface area contributed by atoms with Crippen LogP contribution < -0.4 is 10.2 Å². The molecule has 1 rings (SSSR count). The maximum atomic E-state index is 4.00. The highest BCUT2D eigenvalue weighted by Crippen LogP contribution is 2.21. The molecular formula is C17H28N2. The van der Waals surface area contributed by atoms with Gasteiger partial charge in [0, 0.05) is 24.8 Å². The molecule has 0 heterocycles. The smallest absolute Gasteiger partial charge is 0.0383 e. The van der Waals surface area contributed by atoms with Crippen LogP contribution in [0.25, 0.3) is 0 Å². The molecule has 0 saturated carbocycles. The molecule has 0 amide bonds. The minimum atomic E-state index is 0.468. The summed E-state index contributed by atoms with van der Waals surface area (Å²) in [7, 11) is 0. The highest BCUT2D eigenvalue weighted by atomic mass is 15.1. The lowest BCUT2D eigenvalue weighted by Gasteiger charge is -2.24. The van der Waals surface area contributed by atoms with E-state index in [1.165, 1.54) is 16.8 Å². The predicted octanol–water partition coefficient (Wildman–Crippen LogP) is 4.15. The minimum Gasteiger partial charge on any atom is -0.368 e. The maximum absolute atomic E-state index is 4.00. The van der Waals surface area contributed by atoms with Crippen LogP contribution in [0.4, 0.5) is 5.69 Å². The summed E-state index contributed by atoms with van der Waals surface area (Å²) in [5.74, 6) is 0. The molecular weight excluding hydrogens is 232 g/mol. The van der Waals surface area contributed by atoms with E-state index in [0.717, 1.165) is 26.1 Å². The molecule has 1 atom stereocenters. The Morgan fingerprint density at radius 3 is 2.26 bits per heavy atom. The van der Waals surface area contributed by atoms with Crippen molar-refractivity contribution in [2.75, 3.05) is 24.5 Å². The third kappa shape index (κ3) is 4.71. The van der Waals surface area contributed by atoms with Gasteiger partial charge in [0.2, 0.25) is 0 Å². The number of likely N-dealkylation sites (N-methyl/N-ethyl adjacent to an activating group) is 1. The van der Waals surface area contributed by atoms with Gasteiger partial charge in [0.25, 0.3) is 0 Å². The average Bonchev–Trinajstić information content (AvgIpc) is 2.42. The fourth-order valence-electron chi connectivity index (χ4n) is 2.37. The van der Waals surface area contributed by atoms with Crippen LogP contribution in [0.15, 0.2) is 36.4 Å². The fourth-order valence-corrected chi connectivity index (χ4v) is 2.37. The van der Waals surface area contributed by atoms with Crippen molar-refractivity contribution >= 4 is 5.69 Å². The molecule has 106 valence electrons. The van der Waals surface area contributed by atoms with Crippen LogP contribution in [0.3, 0.4) is 0 Å². The van der Waals surface area contributed by atoms with Gasteiger partial charge in [0.15, 0.2) is 0 Å². The second-order valence-electron chi connectivity index (χ2n) is 5.08. The number of anilines is 1. The Hall–Kier alpha value is -1.28. The number of benzene rings is 1. The van der Waals surface area contributed by atoms with Crippen molar-refractivity contribution in [2.45, 2.75) is 40.2 Å². The number of rotatable bonds is 8. The van der Waals surface area contributed by atoms with Gasteiger partial charge >= 0.3 is 0 Å². The molecule has 1 aromatic rings. The normalized spacial score (nSPS) is 12.2. The van der Waals surface area contributed by atoms with Crippen LogP contribution in [0.5, 0.6) is 0 Å². The highest BCUT2D eigenvalue weighted by Gasteiger charge is 2.09. The molecule has 1 unspecified atom stereocenters. The van der Waals surface area contributed by atoms with E-state index >= 15 is 0 Å². The quantitative estimate of drug-likeness (QED) is 0.706. The predicted molar refractivity (Wildman–Crippen MR) is 85.9 cm³/mol. The van der Waals surface area contributed by atoms with Crippen molar-refractivity contribution in [3.05, 3.63) is 42.0 Å². The Balaban J connectivity index is 2.81. The van der Waals surface area contributed by atoms with Crippen molar-refractivity contribution in [2.24, 2.45) is 0 Å². The zero-order chi connectivity index (χ0) is 14.3. The second kappa shape index (κ2) is 8.00. The van der Waals surface area contributed by atoms with Crippen molar-refractivity contribution in [3.63, 3.8) is 0 Å². The summed E-state index contributed by atoms with van der Waals surface area (Å²) >= 11 is 0. The molecule has 19 heavy (non-hydrogen) atoms. The average molecular weight is 260 g/mol. The van der Waals surface area contributed by atoms with E-state index in [1.54, 1.807) is 0 Å². The molecule has 0 aromatic heterocycles. The van der Waals surface area contributed by atoms with Gasteiger partial charge in [-0.25, -0.2) is 0 Å². The van der Waals surface area contributed by atoms with Gasteiger partial charge in [-0.2, -0.15) is 0 Å². The first-order chi connectivity index (χ1) is 9.12. The second-order valence-corrected chi connectivity index (χ2v) is 5.08. The van der Waals surface area contributed by atoms with Crippen LogP contribution in [0, 0.1) is 0 Å². The fraction of sp³-hybridized carbons (Fsp3) is 0.529. The van der Waals surface area contributed by atoms with E-state index in [1.807, 2.05) is 0 Å². The minimum absolute atomic E-state index is 0.468. The van der Waals surface area contributed by atoms with Crippen molar-refractivity contribution in [1.82, 2.24) is 5.32 Å². The number of nitrogens with zero attached hydrogens (tertiary/aromatic N) is 1. The summed E-state index contributed by atoms with van der Waals surface area (Å²) in [6.07, 6.45) is 1.12. The van der Waals surface area contributed by atoms with Crippen LogP contribution in [0.1, 0.15) is 45.7 Å². The van der Waals surface area contributed by atoms with E-state index in [0.29, 0.717) is 6.04 Å². The zero-order valence-corrected chi connectivity index (χ0v) is 12.9. The van der Waals surface area contributed by atoms with Gasteiger partial charge in [-0.15, -0.1) is 0 Å². The van der Waals surface area contributed by atoms with E-state index in [9.17, 15) is 0 Å². The van der Waals surface area contributed by atoms with E-state index in [-0.39, 0.29) is 0 Å². The van der Waals surface area contributed by atoms with Crippen molar-refractivity contribution < 1.29 is 0 Å². The van der Waals surface area contributed by atoms with Crippen LogP contribution in [-0.2, 0) is 0 Å². The zero-order valence-electron chi connectivity index (χ0n) is 12.9. The standard InChI is InChI=1S/C17H28N2/c1-6-17(18-7-2)15-9-11-16(12-10-15)19(8-3)13-14(4)5/h9-12,17-18H,4,6-8,13H2,1-3,5H3. The van der Waals surface area contributed by atoms with Gasteiger partial charge in [-0.3, -0.25) is 0 Å². The Bertz CT molecular complexity index is 381. The SMILES string of the molecule is C=C(C)CN(CC)c1ccc(C(CC)NCC)cc1. The van der Waals surface area contributed by atoms with Gasteiger partial charge in [0.05, 0.1) is 0 Å². The Morgan fingerprint density at radius 2 is 1.84 bits per heavy atom. The van der Waals surface area contributed by atoms with Gasteiger partial charge in [-0.05, 0) is 44.5 Å². The molecule has 2 heteroatoms. The van der Waals surface area contributed by atoms with E-state index < -0.39 is 0 Å². The lowest BCUT2D eigenvalue weighted by Crippen LogP contribution is -2.24. The topological polar surface area (TPSA) is 15.3 Å². The molecule has 0 fully saturated rings. The first-order valence-electron chi connectivity index (χ1n) is 7.35. The van der Waals surface area contributed by atoms with E-state index in [4.69, 9.17) is 0 Å². The summed E-state index contributed by atoms with van der Waals surface area (Å²) in [5, 5.41) is 3.52. The first-order valence-corrected chi connectivity index (χ1v) is 7.35. The summed E-state index contributed by atoms with van der Waals surface area (Å²) in [6, 6.07) is 9.40. The van der Waals surface area contributed by atoms with E-state index in [2.05, 4.69) is 68.8 Å². The molecule has 1 N–H and O–H groups in total. The maximum Gasteiger partial charge on any atom is 0.0383 e. The van der Waals surface area contributed by atoms with Gasteiger partial charge in [-0.1, -0.05) is 38.1 Å². The Morgan fingerprint density at radius 1 is 1.21 bits per heavy atom. The third-order valence-corrected chi connectivity index (χ3v) is 3.36. The lowest BCUT2D eigenvalue weighted by atomic mass is 10.0. The van der Waals surface area contributed by atoms with Crippen LogP contribution in [-0.4, -0.2) is 19.6 Å². The molecule has 1 aromatic carbocycles. The van der Waals surface area contributed by atoms with Gasteiger partial charge < -0.3 is 10.2 Å². The molecule has 0 bridgehead atoms. The number of hydrogen-bond donors (Lipinski definition) is 1. The van der Waals surface area contributed by atoms with Crippen molar-refractivity contribution in [3.8, 4) is 0 Å². The number of nitrogens with one attached hydrogen (secondary N) is 1. The lowest BCUT2D eigenvalue weighted by molar-refractivity contribution is 0.537. The molecule has 0 radical (unpaired) electrons. The molecule has 0 saturated heterocycles. The van der Waals surface area contributed by atoms with Crippen molar-refractivity contribution in [1.29, 1.82) is 0 Å². The third-order valence-electron chi connectivity index (χ3n) is 3.36. The van der Waals surface area contributed by atoms with Crippen LogP contribution >= 0.6 is 0 Å². The highest BCUT2D eigenvalue weighted by molar-refractivity contribution is 5.49. The largest absolute Gasteiger partial charge is 0.368 e. The summed E-state index contributed by atoms with van der Waals surface area (Å²) < 4.78 is 0. The number of hydrogen-bond acceptors (Lipinski definition) is 2. The summed E-state index contributed by atoms with van der Waals surface area (Å²) in [5.41, 5.74) is 3.85. The molecule has 2 nitrogen and oxygen atoms in total. The summed E-state index contributed by atoms with van der Waals surface area (Å²) in [6.45, 7) is 15.6. The Kier molecular flexibility index (Phi) is 6.65. The van der Waals surface area contributed by atoms with Crippen LogP contribution in [0.2, 0.25) is 0 Å². The molecule has 0 aliphatic heterocycles. The van der Waals surface area contributed by atoms with Gasteiger partial charge in [0.1, 0.15) is 0 Å². The molecule has 0 aliphatic rings. The first kappa shape index (κ1) is 15.8.